The van der Waals surface area contributed by atoms with E-state index in [1.165, 1.54) is 0 Å². The van der Waals surface area contributed by atoms with Gasteiger partial charge in [-0.3, -0.25) is 24.1 Å². The van der Waals surface area contributed by atoms with Gasteiger partial charge in [-0.05, 0) is 30.2 Å². The third-order valence-electron chi connectivity index (χ3n) is 7.52. The highest BCUT2D eigenvalue weighted by molar-refractivity contribution is 6.35. The molecule has 180 valence electrons. The van der Waals surface area contributed by atoms with Crippen LogP contribution in [0.15, 0.2) is 72.8 Å². The van der Waals surface area contributed by atoms with Crippen LogP contribution in [0.1, 0.15) is 43.5 Å². The molecule has 0 bridgehead atoms. The Kier molecular flexibility index (Phi) is 4.95. The number of aryl methyl sites for hydroxylation is 1. The number of imide groups is 1. The number of hydrogen-bond donors (Lipinski definition) is 0. The molecule has 1 aliphatic carbocycles. The van der Waals surface area contributed by atoms with Crippen LogP contribution in [-0.2, 0) is 20.9 Å². The standard InChI is InChI=1S/C29H23NO6/c1-16-7-11-18(12-8-16)24-22-23(29(36-24)25(31)20-5-3-4-6-21(20)26(29)32)28(34)30(27(22)33)15-17-9-13-19(35-2)14-10-17/h3-14,22-24H,15H2,1-2H3/t22-,23-,24+/m0/s1. The third kappa shape index (κ3) is 2.96. The lowest BCUT2D eigenvalue weighted by Crippen LogP contribution is -2.50. The number of ether oxygens (including phenoxy) is 2. The largest absolute Gasteiger partial charge is 0.497 e. The van der Waals surface area contributed by atoms with Crippen molar-refractivity contribution in [2.75, 3.05) is 7.11 Å². The molecule has 3 atom stereocenters. The summed E-state index contributed by atoms with van der Waals surface area (Å²) in [4.78, 5) is 56.3. The number of amides is 2. The summed E-state index contributed by atoms with van der Waals surface area (Å²) in [5.74, 6) is -3.69. The molecular weight excluding hydrogens is 458 g/mol. The molecule has 0 aromatic heterocycles. The van der Waals surface area contributed by atoms with Crippen LogP contribution in [0, 0.1) is 18.8 Å². The summed E-state index contributed by atoms with van der Waals surface area (Å²) < 4.78 is 11.5. The second-order valence-corrected chi connectivity index (χ2v) is 9.50. The van der Waals surface area contributed by atoms with E-state index < -0.39 is 46.9 Å². The molecule has 36 heavy (non-hydrogen) atoms. The van der Waals surface area contributed by atoms with E-state index in [0.29, 0.717) is 11.3 Å². The molecule has 0 N–H and O–H groups in total. The van der Waals surface area contributed by atoms with Crippen molar-refractivity contribution in [1.29, 1.82) is 0 Å². The average Bonchev–Trinajstić information content (AvgIpc) is 3.46. The second-order valence-electron chi connectivity index (χ2n) is 9.50. The van der Waals surface area contributed by atoms with Crippen molar-refractivity contribution >= 4 is 23.4 Å². The summed E-state index contributed by atoms with van der Waals surface area (Å²) in [7, 11) is 1.56. The second kappa shape index (κ2) is 7.96. The normalized spacial score (nSPS) is 23.9. The lowest BCUT2D eigenvalue weighted by Gasteiger charge is -2.27. The first-order valence-corrected chi connectivity index (χ1v) is 11.8. The number of carbonyl (C=O) groups excluding carboxylic acids is 4. The fourth-order valence-corrected chi connectivity index (χ4v) is 5.70. The molecule has 3 aromatic rings. The van der Waals surface area contributed by atoms with E-state index in [4.69, 9.17) is 9.47 Å². The van der Waals surface area contributed by atoms with Gasteiger partial charge in [0.1, 0.15) is 5.75 Å². The number of nitrogens with zero attached hydrogens (tertiary/aromatic N) is 1. The van der Waals surface area contributed by atoms with Gasteiger partial charge in [0.15, 0.2) is 0 Å². The highest BCUT2D eigenvalue weighted by Gasteiger charge is 2.74. The number of hydrogen-bond acceptors (Lipinski definition) is 6. The Hall–Kier alpha value is -4.10. The van der Waals surface area contributed by atoms with Crippen molar-refractivity contribution in [3.05, 3.63) is 101 Å². The quantitative estimate of drug-likeness (QED) is 0.417. The van der Waals surface area contributed by atoms with E-state index in [-0.39, 0.29) is 17.7 Å². The van der Waals surface area contributed by atoms with Gasteiger partial charge < -0.3 is 9.47 Å². The van der Waals surface area contributed by atoms with Gasteiger partial charge in [-0.1, -0.05) is 66.2 Å². The summed E-state index contributed by atoms with van der Waals surface area (Å²) in [6, 6.07) is 20.9. The van der Waals surface area contributed by atoms with Crippen LogP contribution in [0.4, 0.5) is 0 Å². The SMILES string of the molecule is COc1ccc(CN2C(=O)[C@@H]3[C@@H](c4ccc(C)cc4)OC4(C(=O)c5ccccc5C4=O)[C@@H]3C2=O)cc1. The van der Waals surface area contributed by atoms with Gasteiger partial charge >= 0.3 is 0 Å². The van der Waals surface area contributed by atoms with Crippen molar-refractivity contribution in [2.24, 2.45) is 11.8 Å². The maximum atomic E-state index is 13.9. The predicted octanol–water partition coefficient (Wildman–Crippen LogP) is 3.69. The molecule has 2 heterocycles. The zero-order chi connectivity index (χ0) is 25.2. The van der Waals surface area contributed by atoms with Crippen LogP contribution in [0.5, 0.6) is 5.75 Å². The number of benzene rings is 3. The molecule has 0 radical (unpaired) electrons. The smallest absolute Gasteiger partial charge is 0.237 e. The summed E-state index contributed by atoms with van der Waals surface area (Å²) in [5.41, 5.74) is 0.784. The van der Waals surface area contributed by atoms with E-state index in [2.05, 4.69) is 0 Å². The van der Waals surface area contributed by atoms with Gasteiger partial charge in [0, 0.05) is 11.1 Å². The molecule has 2 saturated heterocycles. The zero-order valence-corrected chi connectivity index (χ0v) is 19.8. The molecule has 2 amide bonds. The van der Waals surface area contributed by atoms with E-state index in [1.807, 2.05) is 31.2 Å². The molecule has 7 heteroatoms. The highest BCUT2D eigenvalue weighted by atomic mass is 16.5. The molecule has 3 aliphatic rings. The van der Waals surface area contributed by atoms with Gasteiger partial charge in [-0.25, -0.2) is 0 Å². The van der Waals surface area contributed by atoms with Crippen molar-refractivity contribution in [2.45, 2.75) is 25.2 Å². The number of ketones is 2. The Morgan fingerprint density at radius 1 is 0.833 bits per heavy atom. The molecule has 0 saturated carbocycles. The van der Waals surface area contributed by atoms with Gasteiger partial charge in [0.25, 0.3) is 0 Å². The van der Waals surface area contributed by atoms with Gasteiger partial charge in [0.05, 0.1) is 31.6 Å². The zero-order valence-electron chi connectivity index (χ0n) is 19.8. The fourth-order valence-electron chi connectivity index (χ4n) is 5.70. The summed E-state index contributed by atoms with van der Waals surface area (Å²) in [5, 5.41) is 0. The maximum Gasteiger partial charge on any atom is 0.237 e. The van der Waals surface area contributed by atoms with E-state index in [1.54, 1.807) is 55.6 Å². The minimum atomic E-state index is -2.05. The number of Topliss-reactive ketones (excluding diaryl/α,β-unsaturated/α-hetero) is 2. The molecule has 3 aromatic carbocycles. The third-order valence-corrected chi connectivity index (χ3v) is 7.52. The average molecular weight is 482 g/mol. The first-order chi connectivity index (χ1) is 17.4. The Labute approximate surface area is 207 Å². The van der Waals surface area contributed by atoms with Crippen LogP contribution in [-0.4, -0.2) is 41.0 Å². The monoisotopic (exact) mass is 481 g/mol. The van der Waals surface area contributed by atoms with Crippen molar-refractivity contribution < 1.29 is 28.7 Å². The van der Waals surface area contributed by atoms with Crippen LogP contribution >= 0.6 is 0 Å². The molecule has 0 unspecified atom stereocenters. The van der Waals surface area contributed by atoms with Crippen LogP contribution in [0.25, 0.3) is 0 Å². The molecule has 1 spiro atoms. The minimum Gasteiger partial charge on any atom is -0.497 e. The van der Waals surface area contributed by atoms with Gasteiger partial charge in [0.2, 0.25) is 29.0 Å². The summed E-state index contributed by atoms with van der Waals surface area (Å²) >= 11 is 0. The van der Waals surface area contributed by atoms with Crippen molar-refractivity contribution in [1.82, 2.24) is 4.90 Å². The minimum absolute atomic E-state index is 0.0285. The molecule has 7 nitrogen and oxygen atoms in total. The van der Waals surface area contributed by atoms with Gasteiger partial charge in [-0.2, -0.15) is 0 Å². The number of carbonyl (C=O) groups is 4. The number of rotatable bonds is 4. The lowest BCUT2D eigenvalue weighted by molar-refractivity contribution is -0.145. The van der Waals surface area contributed by atoms with Crippen LogP contribution < -0.4 is 4.74 Å². The van der Waals surface area contributed by atoms with Crippen LogP contribution in [0.2, 0.25) is 0 Å². The Balaban J connectivity index is 1.45. The highest BCUT2D eigenvalue weighted by Crippen LogP contribution is 2.57. The Morgan fingerprint density at radius 2 is 1.44 bits per heavy atom. The van der Waals surface area contributed by atoms with Crippen molar-refractivity contribution in [3.63, 3.8) is 0 Å². The number of fused-ring (bicyclic) bond motifs is 3. The van der Waals surface area contributed by atoms with E-state index >= 15 is 0 Å². The topological polar surface area (TPSA) is 90.0 Å². The predicted molar refractivity (Wildman–Crippen MR) is 128 cm³/mol. The summed E-state index contributed by atoms with van der Waals surface area (Å²) in [6.45, 7) is 1.96. The Morgan fingerprint density at radius 3 is 2.03 bits per heavy atom. The summed E-state index contributed by atoms with van der Waals surface area (Å²) in [6.07, 6.45) is -0.907. The molecular formula is C29H23NO6. The molecule has 6 rings (SSSR count). The molecule has 2 aliphatic heterocycles. The Bertz CT molecular complexity index is 1390. The fraction of sp³-hybridized carbons (Fsp3) is 0.241. The van der Waals surface area contributed by atoms with Crippen LogP contribution in [0.3, 0.4) is 0 Å². The van der Waals surface area contributed by atoms with E-state index in [0.717, 1.165) is 16.0 Å². The van der Waals surface area contributed by atoms with Crippen molar-refractivity contribution in [3.8, 4) is 5.75 Å². The lowest BCUT2D eigenvalue weighted by atomic mass is 9.77. The number of likely N-dealkylation sites (tertiary alicyclic amines) is 1. The number of methoxy groups -OCH3 is 1. The maximum absolute atomic E-state index is 13.9. The first kappa shape index (κ1) is 22.4. The van der Waals surface area contributed by atoms with Gasteiger partial charge in [-0.15, -0.1) is 0 Å². The molecule has 2 fully saturated rings. The van der Waals surface area contributed by atoms with E-state index in [9.17, 15) is 19.2 Å². The first-order valence-electron chi connectivity index (χ1n) is 11.8.